The molecule has 2 fully saturated rings. The summed E-state index contributed by atoms with van der Waals surface area (Å²) < 4.78 is 39.1. The number of aromatic hydroxyl groups is 3. The number of esters is 1. The number of aliphatic hydroxyl groups is 6. The first-order valence-corrected chi connectivity index (χ1v) is 16.7. The molecule has 9 N–H and O–H groups in total. The molecule has 18 heteroatoms. The van der Waals surface area contributed by atoms with Gasteiger partial charge in [0, 0.05) is 23.8 Å². The van der Waals surface area contributed by atoms with Gasteiger partial charge in [-0.1, -0.05) is 12.1 Å². The molecule has 18 nitrogen and oxygen atoms in total. The largest absolute Gasteiger partial charge is 0.508 e. The molecule has 2 aliphatic rings. The molecule has 0 aliphatic carbocycles. The average Bonchev–Trinajstić information content (AvgIpc) is 3.18. The molecular weight excluding hydrogens is 732 g/mol. The van der Waals surface area contributed by atoms with Gasteiger partial charge in [0.15, 0.2) is 29.3 Å². The van der Waals surface area contributed by atoms with Gasteiger partial charge in [-0.15, -0.1) is 0 Å². The van der Waals surface area contributed by atoms with Crippen molar-refractivity contribution in [1.82, 2.24) is 0 Å². The monoisotopic (exact) mass is 770 g/mol. The molecule has 10 unspecified atom stereocenters. The first kappa shape index (κ1) is 39.4. The van der Waals surface area contributed by atoms with Crippen LogP contribution in [0.1, 0.15) is 5.56 Å². The second-order valence-corrected chi connectivity index (χ2v) is 12.6. The molecule has 3 heterocycles. The molecule has 6 rings (SSSR count). The van der Waals surface area contributed by atoms with Crippen LogP contribution in [-0.2, 0) is 23.7 Å². The Balaban J connectivity index is 1.30. The van der Waals surface area contributed by atoms with Gasteiger partial charge < -0.3 is 78.8 Å². The predicted octanol–water partition coefficient (Wildman–Crippen LogP) is -0.147. The maximum atomic E-state index is 13.1. The van der Waals surface area contributed by atoms with Gasteiger partial charge in [-0.25, -0.2) is 4.79 Å². The van der Waals surface area contributed by atoms with Crippen LogP contribution in [-0.4, -0.2) is 134 Å². The highest BCUT2D eigenvalue weighted by molar-refractivity contribution is 5.89. The van der Waals surface area contributed by atoms with Crippen molar-refractivity contribution in [3.63, 3.8) is 0 Å². The van der Waals surface area contributed by atoms with Gasteiger partial charge in [-0.2, -0.15) is 0 Å². The first-order chi connectivity index (χ1) is 26.3. The summed E-state index contributed by atoms with van der Waals surface area (Å²) >= 11 is 0. The summed E-state index contributed by atoms with van der Waals surface area (Å²) in [4.78, 5) is 25.6. The molecule has 2 saturated heterocycles. The normalized spacial score (nSPS) is 28.3. The maximum absolute atomic E-state index is 13.1. The summed E-state index contributed by atoms with van der Waals surface area (Å²) in [5, 5.41) is 94.1. The van der Waals surface area contributed by atoms with E-state index in [0.717, 1.165) is 18.2 Å². The van der Waals surface area contributed by atoms with E-state index in [1.165, 1.54) is 37.5 Å². The van der Waals surface area contributed by atoms with E-state index in [1.807, 2.05) is 0 Å². The Kier molecular flexibility index (Phi) is 11.9. The van der Waals surface area contributed by atoms with Gasteiger partial charge in [0.05, 0.1) is 13.7 Å². The van der Waals surface area contributed by atoms with E-state index < -0.39 is 109 Å². The van der Waals surface area contributed by atoms with E-state index in [2.05, 4.69) is 0 Å². The zero-order valence-electron chi connectivity index (χ0n) is 28.8. The number of aliphatic hydroxyl groups excluding tert-OH is 6. The van der Waals surface area contributed by atoms with Crippen LogP contribution in [0, 0.1) is 0 Å². The third-order valence-corrected chi connectivity index (χ3v) is 9.03. The third-order valence-electron chi connectivity index (χ3n) is 9.03. The van der Waals surface area contributed by atoms with E-state index in [4.69, 9.17) is 32.8 Å². The number of phenolic OH excluding ortho intramolecular Hbond substituents is 3. The minimum absolute atomic E-state index is 0.0161. The second-order valence-electron chi connectivity index (χ2n) is 12.6. The Labute approximate surface area is 310 Å². The molecule has 1 aromatic heterocycles. The highest BCUT2D eigenvalue weighted by Gasteiger charge is 2.52. The Morgan fingerprint density at radius 3 is 2.15 bits per heavy atom. The zero-order chi connectivity index (χ0) is 39.6. The third kappa shape index (κ3) is 8.37. The van der Waals surface area contributed by atoms with Crippen molar-refractivity contribution >= 4 is 23.0 Å². The summed E-state index contributed by atoms with van der Waals surface area (Å²) in [5.41, 5.74) is -0.00150. The number of methoxy groups -OCH3 is 1. The number of phenols is 3. The van der Waals surface area contributed by atoms with Crippen LogP contribution in [0.4, 0.5) is 0 Å². The minimum Gasteiger partial charge on any atom is -0.508 e. The highest BCUT2D eigenvalue weighted by atomic mass is 16.8. The van der Waals surface area contributed by atoms with Gasteiger partial charge in [-0.05, 0) is 48.0 Å². The number of fused-ring (bicyclic) bond motifs is 1. The molecule has 10 atom stereocenters. The van der Waals surface area contributed by atoms with E-state index in [9.17, 15) is 55.5 Å². The lowest BCUT2D eigenvalue weighted by Crippen LogP contribution is -2.65. The Hall–Kier alpha value is -5.28. The minimum atomic E-state index is -2.00. The molecule has 2 aliphatic heterocycles. The number of ether oxygens (including phenoxy) is 6. The van der Waals surface area contributed by atoms with Crippen LogP contribution in [0.2, 0.25) is 0 Å². The Morgan fingerprint density at radius 1 is 0.800 bits per heavy atom. The van der Waals surface area contributed by atoms with Gasteiger partial charge in [0.25, 0.3) is 0 Å². The van der Waals surface area contributed by atoms with Crippen LogP contribution in [0.15, 0.2) is 76.0 Å². The number of rotatable bonds is 11. The standard InChI is InChI=1S/C37H38O18/c1-49-19-9-5-17(6-10-19)21-12-20(40)27-22(51-21)13-23(28(42)31(27)45)52-37-35(55-36-34(48)32(46)29(43)24(14-38)53-36)33(47)30(44)25(54-37)15-50-26(41)11-4-16-2-7-18(39)8-3-16/h2-13,24-25,29-30,32-39,42-48H,14-15H2,1H3. The number of hydrogen-bond acceptors (Lipinski definition) is 18. The molecule has 0 spiro atoms. The number of benzene rings is 3. The van der Waals surface area contributed by atoms with Crippen molar-refractivity contribution in [2.75, 3.05) is 20.3 Å². The SMILES string of the molecule is COc1ccc(-c2cc(=O)c3c(O)c(O)c(OC4OC(COC(=O)C=Cc5ccc(O)cc5)C(O)C(O)C4OC4OC(CO)C(O)C(O)C4O)cc3o2)cc1. The first-order valence-electron chi connectivity index (χ1n) is 16.7. The van der Waals surface area contributed by atoms with E-state index in [-0.39, 0.29) is 17.1 Å². The molecule has 294 valence electrons. The van der Waals surface area contributed by atoms with Crippen LogP contribution >= 0.6 is 0 Å². The molecule has 0 bridgehead atoms. The quantitative estimate of drug-likeness (QED) is 0.0545. The Bertz CT molecular complexity index is 2040. The lowest BCUT2D eigenvalue weighted by Gasteiger charge is -2.45. The summed E-state index contributed by atoms with van der Waals surface area (Å²) in [6.07, 6.45) is -15.7. The highest BCUT2D eigenvalue weighted by Crippen LogP contribution is 2.43. The molecule has 3 aromatic carbocycles. The number of carbonyl (C=O) groups is 1. The summed E-state index contributed by atoms with van der Waals surface area (Å²) in [7, 11) is 1.48. The van der Waals surface area contributed by atoms with Gasteiger partial charge in [-0.3, -0.25) is 4.79 Å². The molecule has 0 radical (unpaired) electrons. The van der Waals surface area contributed by atoms with Gasteiger partial charge >= 0.3 is 5.97 Å². The average molecular weight is 771 g/mol. The number of hydrogen-bond donors (Lipinski definition) is 9. The molecule has 4 aromatic rings. The summed E-state index contributed by atoms with van der Waals surface area (Å²) in [5.74, 6) is -2.80. The predicted molar refractivity (Wildman–Crippen MR) is 186 cm³/mol. The van der Waals surface area contributed by atoms with E-state index in [0.29, 0.717) is 16.9 Å². The summed E-state index contributed by atoms with van der Waals surface area (Å²) in [6, 6.07) is 14.5. The van der Waals surface area contributed by atoms with Crippen LogP contribution < -0.4 is 14.9 Å². The maximum Gasteiger partial charge on any atom is 0.330 e. The van der Waals surface area contributed by atoms with E-state index in [1.54, 1.807) is 24.3 Å². The van der Waals surface area contributed by atoms with Crippen LogP contribution in [0.5, 0.6) is 28.7 Å². The van der Waals surface area contributed by atoms with Crippen molar-refractivity contribution in [3.8, 4) is 40.1 Å². The topological polar surface area (TPSA) is 285 Å². The fraction of sp³-hybridized carbons (Fsp3) is 0.351. The van der Waals surface area contributed by atoms with Crippen molar-refractivity contribution in [1.29, 1.82) is 0 Å². The number of carbonyl (C=O) groups excluding carboxylic acids is 1. The van der Waals surface area contributed by atoms with E-state index >= 15 is 0 Å². The molecule has 0 saturated carbocycles. The lowest BCUT2D eigenvalue weighted by molar-refractivity contribution is -0.358. The fourth-order valence-electron chi connectivity index (χ4n) is 5.96. The molecular formula is C37H38O18. The smallest absolute Gasteiger partial charge is 0.330 e. The fourth-order valence-corrected chi connectivity index (χ4v) is 5.96. The van der Waals surface area contributed by atoms with Gasteiger partial charge in [0.1, 0.15) is 77.6 Å². The zero-order valence-corrected chi connectivity index (χ0v) is 28.8. The lowest BCUT2D eigenvalue weighted by atomic mass is 9.97. The second kappa shape index (κ2) is 16.6. The summed E-state index contributed by atoms with van der Waals surface area (Å²) in [6.45, 7) is -1.50. The van der Waals surface area contributed by atoms with Crippen molar-refractivity contribution < 1.29 is 83.6 Å². The van der Waals surface area contributed by atoms with Crippen molar-refractivity contribution in [2.24, 2.45) is 0 Å². The van der Waals surface area contributed by atoms with Crippen LogP contribution in [0.3, 0.4) is 0 Å². The van der Waals surface area contributed by atoms with Crippen LogP contribution in [0.25, 0.3) is 28.4 Å². The molecule has 55 heavy (non-hydrogen) atoms. The molecule has 0 amide bonds. The van der Waals surface area contributed by atoms with Gasteiger partial charge in [0.2, 0.25) is 12.0 Å². The Morgan fingerprint density at radius 2 is 1.47 bits per heavy atom. The van der Waals surface area contributed by atoms with Crippen molar-refractivity contribution in [2.45, 2.75) is 61.4 Å². The van der Waals surface area contributed by atoms with Crippen molar-refractivity contribution in [3.05, 3.63) is 82.5 Å².